The van der Waals surface area contributed by atoms with Crippen LogP contribution >= 0.6 is 31.9 Å². The zero-order valence-electron chi connectivity index (χ0n) is 83.8. The van der Waals surface area contributed by atoms with E-state index in [-0.39, 0.29) is 209 Å². The third-order valence-corrected chi connectivity index (χ3v) is 20.5. The number of carbonyl (C=O) groups excluding carboxylic acids is 8. The largest absolute Gasteiger partial charge is 0.496 e. The summed E-state index contributed by atoms with van der Waals surface area (Å²) in [5, 5.41) is 14.8. The second-order valence-corrected chi connectivity index (χ2v) is 31.4. The number of carboxylic acids is 2. The van der Waals surface area contributed by atoms with Crippen LogP contribution in [-0.4, -0.2) is 314 Å². The van der Waals surface area contributed by atoms with Crippen molar-refractivity contribution in [2.45, 2.75) is 39.5 Å². The number of hydrogen-bond donors (Lipinski definition) is 4. The summed E-state index contributed by atoms with van der Waals surface area (Å²) >= 11 is 6.78. The monoisotopic (exact) mass is 2250 g/mol. The van der Waals surface area contributed by atoms with Gasteiger partial charge in [-0.2, -0.15) is 0 Å². The summed E-state index contributed by atoms with van der Waals surface area (Å²) in [7, 11) is 18.0. The summed E-state index contributed by atoms with van der Waals surface area (Å²) in [6.45, 7) is 6.23. The molecule has 0 atom stereocenters. The van der Waals surface area contributed by atoms with Crippen LogP contribution in [0.2, 0.25) is 0 Å². The Morgan fingerprint density at radius 2 is 0.469 bits per heavy atom. The Morgan fingerprint density at radius 3 is 0.759 bits per heavy atom. The maximum absolute atomic E-state index is 13.9. The minimum atomic E-state index is -0.833. The van der Waals surface area contributed by atoms with Gasteiger partial charge in [-0.1, -0.05) is 72.9 Å². The van der Waals surface area contributed by atoms with E-state index in [2.05, 4.69) is 31.9 Å². The van der Waals surface area contributed by atoms with Crippen LogP contribution < -0.4 is 39.9 Å². The van der Waals surface area contributed by atoms with E-state index < -0.39 is 59.7 Å². The van der Waals surface area contributed by atoms with E-state index >= 15 is 0 Å². The molecule has 796 valence electrons. The molecule has 7 aromatic rings. The number of benzene rings is 7. The molecule has 38 nitrogen and oxygen atoms in total. The molecule has 0 saturated heterocycles. The Morgan fingerprint density at radius 1 is 0.248 bits per heavy atom. The first-order valence-corrected chi connectivity index (χ1v) is 46.7. The number of hydrogen-bond acceptors (Lipinski definition) is 36. The number of aliphatic carboxylic acids is 2. The first-order chi connectivity index (χ1) is 69.5. The number of ether oxygens (including phenoxy) is 24. The topological polar surface area (TPSA) is 485 Å². The van der Waals surface area contributed by atoms with E-state index in [1.165, 1.54) is 107 Å². The zero-order chi connectivity index (χ0) is 106. The molecule has 0 saturated carbocycles. The number of nitrogens with two attached hydrogens (primary N) is 2. The minimum Gasteiger partial charge on any atom is -0.496 e. The standard InChI is InChI=1S/C58H74N2O17.C42H48Br2O15.2C2H4O2.Pd/c1-65-25-30-73-53-39-45(52(70-6)38-46(53)18-16-44-37-51(58(64)77-34-29-69-5)54(72-24-10-8-22-60)40-50(44)57(63)76-33-28-68-4)17-15-43-36-48(55(61)74-31-26-66-2)42(35-49(43)56(62)75-32-27-67-3)14-11-41-12-19-47(20-13-41)71-23-9-7-21-59;1-49-11-16-55-38-24-29(9-7-27-21-33(41(47)58-19-14-52-4)35(43)25-31(27)39(45)56-17-12-50-2)37(54-6)23-30(38)10-8-28-22-34(42(48)59-20-15-53-5)36(44)26-32(28)40(46)57-18-13-51-3;2*1-2(3)4;/h11-20,35-40H,7-10,21-34,59-60H2,1-6H3;7-10,21-26H,11-20H2,1-6H3;2*1H3,(H,3,4);/b14-11+,17-15+,18-16+;9-7+,10-8+;;;. The normalized spacial score (nSPS) is 10.9. The maximum atomic E-state index is 13.9. The molecule has 0 bridgehead atoms. The second kappa shape index (κ2) is 74.7. The van der Waals surface area contributed by atoms with Crippen molar-refractivity contribution in [2.24, 2.45) is 11.5 Å². The van der Waals surface area contributed by atoms with Crippen LogP contribution in [-0.2, 0) is 115 Å². The van der Waals surface area contributed by atoms with Crippen LogP contribution in [0, 0.1) is 0 Å². The molecule has 0 spiro atoms. The van der Waals surface area contributed by atoms with E-state index in [4.69, 9.17) is 145 Å². The van der Waals surface area contributed by atoms with Crippen LogP contribution in [0.3, 0.4) is 0 Å². The fourth-order valence-corrected chi connectivity index (χ4v) is 13.2. The fraction of sp³-hybridized carbons (Fsp3) is 0.404. The molecular formula is C104H130Br2N2O36Pd. The van der Waals surface area contributed by atoms with Gasteiger partial charge in [0.05, 0.1) is 132 Å². The molecular weight excluding hydrogens is 2120 g/mol. The Hall–Kier alpha value is -12.1. The van der Waals surface area contributed by atoms with Gasteiger partial charge < -0.3 is 135 Å². The molecule has 0 aliphatic carbocycles. The predicted octanol–water partition coefficient (Wildman–Crippen LogP) is 14.7. The molecule has 0 aliphatic rings. The van der Waals surface area contributed by atoms with E-state index in [0.29, 0.717) is 120 Å². The van der Waals surface area contributed by atoms with Gasteiger partial charge in [0, 0.05) is 137 Å². The van der Waals surface area contributed by atoms with Crippen molar-refractivity contribution in [3.63, 3.8) is 0 Å². The molecule has 0 unspecified atom stereocenters. The number of halogens is 2. The Labute approximate surface area is 874 Å². The summed E-state index contributed by atoms with van der Waals surface area (Å²) in [5.41, 5.74) is 17.1. The zero-order valence-corrected chi connectivity index (χ0v) is 88.5. The first-order valence-electron chi connectivity index (χ1n) is 45.1. The van der Waals surface area contributed by atoms with Crippen molar-refractivity contribution >= 4 is 152 Å². The van der Waals surface area contributed by atoms with Gasteiger partial charge in [0.25, 0.3) is 11.9 Å². The van der Waals surface area contributed by atoms with Crippen molar-refractivity contribution in [1.82, 2.24) is 0 Å². The molecule has 0 amide bonds. The van der Waals surface area contributed by atoms with Crippen LogP contribution in [0.25, 0.3) is 60.8 Å². The number of methoxy groups -OCH3 is 12. The van der Waals surface area contributed by atoms with Crippen LogP contribution in [0.15, 0.2) is 106 Å². The molecule has 41 heteroatoms. The van der Waals surface area contributed by atoms with E-state index in [0.717, 1.165) is 32.3 Å². The summed E-state index contributed by atoms with van der Waals surface area (Å²) in [6.07, 6.45) is 19.8. The molecule has 6 N–H and O–H groups in total. The van der Waals surface area contributed by atoms with Gasteiger partial charge in [-0.15, -0.1) is 0 Å². The molecule has 7 rings (SSSR count). The van der Waals surface area contributed by atoms with E-state index in [9.17, 15) is 38.4 Å². The summed E-state index contributed by atoms with van der Waals surface area (Å²) in [4.78, 5) is 125. The number of rotatable bonds is 62. The van der Waals surface area contributed by atoms with Crippen molar-refractivity contribution in [3.05, 3.63) is 206 Å². The average Bonchev–Trinajstić information content (AvgIpc) is 0.818. The van der Waals surface area contributed by atoms with Crippen molar-refractivity contribution in [2.75, 3.05) is 244 Å². The molecule has 7 aromatic carbocycles. The number of carbonyl (C=O) groups is 10. The van der Waals surface area contributed by atoms with E-state index in [1.807, 2.05) is 30.3 Å². The van der Waals surface area contributed by atoms with Crippen molar-refractivity contribution in [3.8, 4) is 34.5 Å². The maximum Gasteiger partial charge on any atom is 0.342 e. The summed E-state index contributed by atoms with van der Waals surface area (Å²) in [5.74, 6) is -4.53. The van der Waals surface area contributed by atoms with Gasteiger partial charge in [-0.25, -0.2) is 38.4 Å². The third kappa shape index (κ3) is 47.3. The van der Waals surface area contributed by atoms with Gasteiger partial charge in [0.1, 0.15) is 106 Å². The fourth-order valence-electron chi connectivity index (χ4n) is 12.2. The first kappa shape index (κ1) is 127. The van der Waals surface area contributed by atoms with Gasteiger partial charge in [0.2, 0.25) is 0 Å². The van der Waals surface area contributed by atoms with Crippen LogP contribution in [0.1, 0.15) is 178 Å². The number of unbranched alkanes of at least 4 members (excludes halogenated alkanes) is 2. The molecule has 0 aliphatic heterocycles. The Bertz CT molecular complexity index is 5350. The van der Waals surface area contributed by atoms with Gasteiger partial charge >= 0.3 is 47.8 Å². The van der Waals surface area contributed by atoms with Gasteiger partial charge in [-0.3, -0.25) is 9.59 Å². The molecule has 145 heavy (non-hydrogen) atoms. The van der Waals surface area contributed by atoms with Gasteiger partial charge in [-0.05, 0) is 189 Å². The number of carboxylic acid groups (broad SMARTS) is 2. The Balaban J connectivity index is 0.000000709. The quantitative estimate of drug-likeness (QED) is 0.00904. The predicted molar refractivity (Wildman–Crippen MR) is 544 cm³/mol. The summed E-state index contributed by atoms with van der Waals surface area (Å²) in [6, 6.07) is 26.4. The molecule has 0 aromatic heterocycles. The van der Waals surface area contributed by atoms with Gasteiger partial charge in [0.15, 0.2) is 0 Å². The van der Waals surface area contributed by atoms with E-state index in [1.54, 1.807) is 105 Å². The average molecular weight is 2250 g/mol. The molecule has 0 fully saturated rings. The Kier molecular flexibility index (Phi) is 65.5. The molecule has 0 radical (unpaired) electrons. The SMILES string of the molecule is CC(=O)O.CC(=O)O.COCCOC(=O)c1cc(/C=C/c2cc(OCCOC)c(/C=C/c3cc(C(=O)OCCOC)c(Br)cc3C(=O)OCCOC)cc2OC)c(C(=O)OCCOC)cc1Br.COCCOC(=O)c1cc(/C=C/c2cc(OCCOC)c(/C=C/c3cc(C(=O)OCCOC)c(OCCCCN)cc3C(=O)OCCOC)cc2OC)c(C(=O)OCCOC)cc1/C=C/c1ccc(OCCCCN)cc1.[Pd]. The van der Waals surface area contributed by atoms with Crippen LogP contribution in [0.5, 0.6) is 34.5 Å². The second-order valence-electron chi connectivity index (χ2n) is 29.7. The summed E-state index contributed by atoms with van der Waals surface area (Å²) < 4.78 is 131. The third-order valence-electron chi connectivity index (χ3n) is 19.2. The van der Waals surface area contributed by atoms with Crippen LogP contribution in [0.4, 0.5) is 0 Å². The molecule has 0 heterocycles. The van der Waals surface area contributed by atoms with Crippen molar-refractivity contribution < 1.29 is 192 Å². The number of esters is 8. The minimum absolute atomic E-state index is 0. The van der Waals surface area contributed by atoms with Crippen molar-refractivity contribution in [1.29, 1.82) is 0 Å². The smallest absolute Gasteiger partial charge is 0.342 e.